The second-order valence-corrected chi connectivity index (χ2v) is 6.38. The maximum Gasteiger partial charge on any atom is 0.174 e. The highest BCUT2D eigenvalue weighted by molar-refractivity contribution is 5.22. The van der Waals surface area contributed by atoms with Crippen LogP contribution in [0.2, 0.25) is 0 Å². The molecule has 3 unspecified atom stereocenters. The zero-order valence-corrected chi connectivity index (χ0v) is 14.9. The summed E-state index contributed by atoms with van der Waals surface area (Å²) >= 11 is 0. The second kappa shape index (κ2) is 6.14. The molecule has 110 valence electrons. The minimum atomic E-state index is 0. The van der Waals surface area contributed by atoms with E-state index in [1.165, 1.54) is 11.1 Å². The average molecular weight is 385 g/mol. The van der Waals surface area contributed by atoms with Gasteiger partial charge in [-0.2, -0.15) is 0 Å². The third-order valence-corrected chi connectivity index (χ3v) is 5.05. The highest BCUT2D eigenvalue weighted by Crippen LogP contribution is 2.49. The molecular weight excluding hydrogens is 361 g/mol. The Bertz CT molecular complexity index is 513. The van der Waals surface area contributed by atoms with Crippen molar-refractivity contribution in [2.24, 2.45) is 30.7 Å². The van der Waals surface area contributed by atoms with Crippen LogP contribution in [0.1, 0.15) is 32.4 Å². The summed E-state index contributed by atoms with van der Waals surface area (Å²) in [5.41, 5.74) is 2.81. The van der Waals surface area contributed by atoms with E-state index in [4.69, 9.17) is 4.74 Å². The van der Waals surface area contributed by atoms with Gasteiger partial charge in [-0.1, -0.05) is 25.5 Å². The average Bonchev–Trinajstić information content (AvgIpc) is 2.35. The first-order valence-electron chi connectivity index (χ1n) is 7.33. The Balaban J connectivity index is 0.00000147. The summed E-state index contributed by atoms with van der Waals surface area (Å²) in [7, 11) is 2.07. The van der Waals surface area contributed by atoms with Gasteiger partial charge < -0.3 is 28.7 Å². The van der Waals surface area contributed by atoms with Gasteiger partial charge in [0.25, 0.3) is 0 Å². The van der Waals surface area contributed by atoms with Crippen molar-refractivity contribution in [3.8, 4) is 0 Å². The monoisotopic (exact) mass is 385 g/mol. The van der Waals surface area contributed by atoms with Gasteiger partial charge in [0.2, 0.25) is 0 Å². The molecule has 20 heavy (non-hydrogen) atoms. The number of hydrogen-bond acceptors (Lipinski definition) is 1. The van der Waals surface area contributed by atoms with Crippen LogP contribution in [0.15, 0.2) is 36.2 Å². The number of allylic oxidation sites excluding steroid dienone is 1. The van der Waals surface area contributed by atoms with Gasteiger partial charge in [0.1, 0.15) is 7.05 Å². The molecular formula is C17H24INO. The van der Waals surface area contributed by atoms with E-state index < -0.39 is 0 Å². The van der Waals surface area contributed by atoms with Crippen LogP contribution in [0.25, 0.3) is 0 Å². The highest BCUT2D eigenvalue weighted by atomic mass is 127. The van der Waals surface area contributed by atoms with E-state index in [2.05, 4.69) is 63.0 Å². The summed E-state index contributed by atoms with van der Waals surface area (Å²) in [5, 5.41) is 0. The number of aromatic nitrogens is 1. The molecule has 1 aromatic rings. The fourth-order valence-electron chi connectivity index (χ4n) is 4.03. The topological polar surface area (TPSA) is 13.1 Å². The minimum absolute atomic E-state index is 0. The van der Waals surface area contributed by atoms with Gasteiger partial charge in [-0.3, -0.25) is 0 Å². The molecule has 3 heteroatoms. The third kappa shape index (κ3) is 2.67. The van der Waals surface area contributed by atoms with Gasteiger partial charge >= 0.3 is 0 Å². The lowest BCUT2D eigenvalue weighted by atomic mass is 9.65. The summed E-state index contributed by atoms with van der Waals surface area (Å²) in [6, 6.07) is 4.31. The van der Waals surface area contributed by atoms with Crippen molar-refractivity contribution in [2.75, 3.05) is 6.61 Å². The molecule has 0 aromatic carbocycles. The van der Waals surface area contributed by atoms with E-state index in [-0.39, 0.29) is 30.1 Å². The van der Waals surface area contributed by atoms with Gasteiger partial charge in [-0.15, -0.1) is 0 Å². The van der Waals surface area contributed by atoms with Gasteiger partial charge in [0, 0.05) is 17.5 Å². The molecule has 1 aliphatic heterocycles. The number of pyridine rings is 1. The molecule has 2 bridgehead atoms. The lowest BCUT2D eigenvalue weighted by Crippen LogP contribution is -3.00. The molecule has 1 aromatic heterocycles. The molecule has 0 spiro atoms. The van der Waals surface area contributed by atoms with Crippen molar-refractivity contribution in [2.45, 2.75) is 26.9 Å². The summed E-state index contributed by atoms with van der Waals surface area (Å²) in [4.78, 5) is 0. The Labute approximate surface area is 139 Å². The Morgan fingerprint density at radius 2 is 2.05 bits per heavy atom. The molecule has 0 amide bonds. The maximum absolute atomic E-state index is 6.24. The number of aryl methyl sites for hydroxylation is 1. The zero-order valence-electron chi connectivity index (χ0n) is 12.7. The SMILES string of the molecule is CC1=CC(C)[C@H]2COC(c3ccc[n+](C)c3)[C@@H]1C2C.[I-]. The summed E-state index contributed by atoms with van der Waals surface area (Å²) in [6.07, 6.45) is 6.96. The van der Waals surface area contributed by atoms with Crippen molar-refractivity contribution in [1.29, 1.82) is 0 Å². The maximum atomic E-state index is 6.24. The number of fused-ring (bicyclic) bond motifs is 2. The van der Waals surface area contributed by atoms with Crippen LogP contribution in [-0.2, 0) is 11.8 Å². The Hall–Kier alpha value is -0.420. The smallest absolute Gasteiger partial charge is 0.174 e. The van der Waals surface area contributed by atoms with Crippen molar-refractivity contribution in [1.82, 2.24) is 0 Å². The minimum Gasteiger partial charge on any atom is -1.00 e. The van der Waals surface area contributed by atoms with E-state index in [0.29, 0.717) is 23.7 Å². The van der Waals surface area contributed by atoms with Crippen LogP contribution in [0, 0.1) is 23.7 Å². The van der Waals surface area contributed by atoms with E-state index in [0.717, 1.165) is 6.61 Å². The Kier molecular flexibility index (Phi) is 4.90. The summed E-state index contributed by atoms with van der Waals surface area (Å²) in [5.74, 6) is 2.59. The van der Waals surface area contributed by atoms with Gasteiger partial charge in [-0.05, 0) is 30.7 Å². The molecule has 0 radical (unpaired) electrons. The molecule has 2 aliphatic rings. The van der Waals surface area contributed by atoms with Gasteiger partial charge in [0.15, 0.2) is 12.4 Å². The largest absolute Gasteiger partial charge is 1.00 e. The lowest BCUT2D eigenvalue weighted by Gasteiger charge is -2.47. The highest BCUT2D eigenvalue weighted by Gasteiger charge is 2.44. The molecule has 0 N–H and O–H groups in total. The Morgan fingerprint density at radius 1 is 1.30 bits per heavy atom. The summed E-state index contributed by atoms with van der Waals surface area (Å²) < 4.78 is 8.35. The van der Waals surface area contributed by atoms with Crippen molar-refractivity contribution >= 4 is 0 Å². The standard InChI is InChI=1S/C17H24NO.HI/c1-11-8-12(2)16-13(3)15(11)10-19-17(16)14-6-5-7-18(4)9-14;/h5-9,11,13,15-17H,10H2,1-4H3;1H/q+1;/p-1/t11?,13?,15-,16+,17?;/m1./s1. The predicted molar refractivity (Wildman–Crippen MR) is 75.4 cm³/mol. The Morgan fingerprint density at radius 3 is 2.75 bits per heavy atom. The first-order chi connectivity index (χ1) is 9.08. The van der Waals surface area contributed by atoms with Crippen LogP contribution in [0.3, 0.4) is 0 Å². The van der Waals surface area contributed by atoms with Crippen molar-refractivity contribution in [3.63, 3.8) is 0 Å². The van der Waals surface area contributed by atoms with Crippen molar-refractivity contribution in [3.05, 3.63) is 41.7 Å². The van der Waals surface area contributed by atoms with E-state index in [1.807, 2.05) is 0 Å². The first-order valence-corrected chi connectivity index (χ1v) is 7.33. The van der Waals surface area contributed by atoms with Crippen LogP contribution in [-0.4, -0.2) is 6.61 Å². The second-order valence-electron chi connectivity index (χ2n) is 6.38. The van der Waals surface area contributed by atoms with Crippen LogP contribution >= 0.6 is 0 Å². The number of halogens is 1. The van der Waals surface area contributed by atoms with Gasteiger partial charge in [-0.25, -0.2) is 4.57 Å². The van der Waals surface area contributed by atoms with E-state index in [1.54, 1.807) is 0 Å². The van der Waals surface area contributed by atoms with E-state index in [9.17, 15) is 0 Å². The molecule has 1 saturated heterocycles. The predicted octanol–water partition coefficient (Wildman–Crippen LogP) is 0.0509. The molecule has 5 atom stereocenters. The molecule has 2 heterocycles. The van der Waals surface area contributed by atoms with E-state index >= 15 is 0 Å². The van der Waals surface area contributed by atoms with Crippen LogP contribution in [0.5, 0.6) is 0 Å². The third-order valence-electron chi connectivity index (χ3n) is 5.05. The fraction of sp³-hybridized carbons (Fsp3) is 0.588. The number of rotatable bonds is 1. The quantitative estimate of drug-likeness (QED) is 0.379. The molecule has 0 saturated carbocycles. The van der Waals surface area contributed by atoms with Crippen LogP contribution in [0.4, 0.5) is 0 Å². The number of ether oxygens (including phenoxy) is 1. The first kappa shape index (κ1) is 16.0. The molecule has 1 fully saturated rings. The van der Waals surface area contributed by atoms with Crippen LogP contribution < -0.4 is 28.5 Å². The fourth-order valence-corrected chi connectivity index (χ4v) is 4.03. The normalized spacial score (nSPS) is 36.0. The number of nitrogens with zero attached hydrogens (tertiary/aromatic N) is 1. The lowest BCUT2D eigenvalue weighted by molar-refractivity contribution is -0.672. The molecule has 2 nitrogen and oxygen atoms in total. The molecule has 1 aliphatic carbocycles. The number of hydrogen-bond donors (Lipinski definition) is 0. The zero-order chi connectivity index (χ0) is 13.6. The summed E-state index contributed by atoms with van der Waals surface area (Å²) in [6.45, 7) is 7.90. The molecule has 3 rings (SSSR count). The van der Waals surface area contributed by atoms with Gasteiger partial charge in [0.05, 0.1) is 12.7 Å². The van der Waals surface area contributed by atoms with Crippen molar-refractivity contribution < 1.29 is 33.3 Å².